The minimum absolute atomic E-state index is 0.0840. The van der Waals surface area contributed by atoms with Crippen molar-refractivity contribution in [2.24, 2.45) is 5.92 Å². The molecule has 0 bridgehead atoms. The van der Waals surface area contributed by atoms with E-state index in [0.29, 0.717) is 24.5 Å². The van der Waals surface area contributed by atoms with Crippen molar-refractivity contribution in [1.29, 1.82) is 0 Å². The molecule has 28 heavy (non-hydrogen) atoms. The summed E-state index contributed by atoms with van der Waals surface area (Å²) in [4.78, 5) is 28.6. The molecule has 1 aliphatic heterocycles. The van der Waals surface area contributed by atoms with Crippen LogP contribution < -0.4 is 5.32 Å². The fourth-order valence-electron chi connectivity index (χ4n) is 3.21. The van der Waals surface area contributed by atoms with Gasteiger partial charge in [-0.2, -0.15) is 0 Å². The van der Waals surface area contributed by atoms with Crippen LogP contribution in [0.3, 0.4) is 0 Å². The molecule has 0 aliphatic carbocycles. The lowest BCUT2D eigenvalue weighted by atomic mass is 9.93. The van der Waals surface area contributed by atoms with Gasteiger partial charge in [-0.05, 0) is 31.0 Å². The van der Waals surface area contributed by atoms with Crippen molar-refractivity contribution in [2.45, 2.75) is 38.6 Å². The van der Waals surface area contributed by atoms with Crippen LogP contribution in [0.1, 0.15) is 49.1 Å². The number of carboxylic acids is 1. The lowest BCUT2D eigenvalue weighted by Gasteiger charge is -2.27. The Kier molecular flexibility index (Phi) is 6.03. The first-order chi connectivity index (χ1) is 13.4. The molecule has 1 fully saturated rings. The number of carbonyl (C=O) groups is 2. The number of carboxylic acid groups (broad SMARTS) is 1. The molecule has 8 nitrogen and oxygen atoms in total. The van der Waals surface area contributed by atoms with Gasteiger partial charge < -0.3 is 15.2 Å². The Bertz CT molecular complexity index is 861. The number of hydrogen-bond acceptors (Lipinski definition) is 5. The number of aliphatic carboxylic acids is 1. The third-order valence-electron chi connectivity index (χ3n) is 4.62. The molecule has 150 valence electrons. The van der Waals surface area contributed by atoms with Crippen molar-refractivity contribution in [3.63, 3.8) is 0 Å². The summed E-state index contributed by atoms with van der Waals surface area (Å²) in [6, 6.07) is 4.72. The van der Waals surface area contributed by atoms with Crippen LogP contribution >= 0.6 is 0 Å². The molecule has 0 saturated carbocycles. The zero-order chi connectivity index (χ0) is 20.3. The first-order valence-corrected chi connectivity index (χ1v) is 9.21. The summed E-state index contributed by atoms with van der Waals surface area (Å²) in [5.74, 6) is -2.33. The number of rotatable bonds is 6. The van der Waals surface area contributed by atoms with Gasteiger partial charge in [-0.15, -0.1) is 5.10 Å². The number of carbonyl (C=O) groups excluding carboxylic acids is 1. The molecule has 1 amide bonds. The highest BCUT2D eigenvalue weighted by molar-refractivity contribution is 5.93. The zero-order valence-electron chi connectivity index (χ0n) is 15.8. The molecule has 2 heterocycles. The number of halogens is 1. The Morgan fingerprint density at radius 3 is 2.79 bits per heavy atom. The van der Waals surface area contributed by atoms with E-state index in [1.54, 1.807) is 12.1 Å². The predicted molar refractivity (Wildman–Crippen MR) is 97.8 cm³/mol. The number of nitrogens with one attached hydrogen (secondary N) is 1. The van der Waals surface area contributed by atoms with Gasteiger partial charge in [0.1, 0.15) is 17.7 Å². The van der Waals surface area contributed by atoms with E-state index in [1.165, 1.54) is 16.8 Å². The fourth-order valence-corrected chi connectivity index (χ4v) is 3.21. The van der Waals surface area contributed by atoms with E-state index in [4.69, 9.17) is 4.74 Å². The van der Waals surface area contributed by atoms with Crippen molar-refractivity contribution in [3.05, 3.63) is 41.7 Å². The van der Waals surface area contributed by atoms with Crippen LogP contribution in [0.4, 0.5) is 4.39 Å². The van der Waals surface area contributed by atoms with E-state index in [-0.39, 0.29) is 24.3 Å². The summed E-state index contributed by atoms with van der Waals surface area (Å²) < 4.78 is 20.3. The quantitative estimate of drug-likeness (QED) is 0.783. The molecule has 2 N–H and O–H groups in total. The standard InChI is InChI=1S/C19H23FN4O4/c1-11(2)17-22-16(23-24(17)14-7-3-6-13(20)9-14)18(25)21-15(19(26)27)12-5-4-8-28-10-12/h3,6-7,9,11-12,15H,4-5,8,10H2,1-2H3,(H,21,25)(H,26,27). The second-order valence-electron chi connectivity index (χ2n) is 7.11. The summed E-state index contributed by atoms with van der Waals surface area (Å²) in [7, 11) is 0. The topological polar surface area (TPSA) is 106 Å². The van der Waals surface area contributed by atoms with Gasteiger partial charge in [-0.25, -0.2) is 18.9 Å². The van der Waals surface area contributed by atoms with Crippen molar-refractivity contribution in [3.8, 4) is 5.69 Å². The van der Waals surface area contributed by atoms with Crippen LogP contribution in [0.25, 0.3) is 5.69 Å². The lowest BCUT2D eigenvalue weighted by Crippen LogP contribution is -2.48. The molecular formula is C19H23FN4O4. The van der Waals surface area contributed by atoms with Gasteiger partial charge >= 0.3 is 5.97 Å². The summed E-state index contributed by atoms with van der Waals surface area (Å²) in [5, 5.41) is 16.2. The Morgan fingerprint density at radius 1 is 1.39 bits per heavy atom. The zero-order valence-corrected chi connectivity index (χ0v) is 15.8. The second kappa shape index (κ2) is 8.47. The molecule has 9 heteroatoms. The molecular weight excluding hydrogens is 367 g/mol. The number of benzene rings is 1. The third-order valence-corrected chi connectivity index (χ3v) is 4.62. The van der Waals surface area contributed by atoms with Crippen molar-refractivity contribution in [1.82, 2.24) is 20.1 Å². The molecule has 2 unspecified atom stereocenters. The normalized spacial score (nSPS) is 18.1. The van der Waals surface area contributed by atoms with Gasteiger partial charge in [-0.3, -0.25) is 4.79 Å². The van der Waals surface area contributed by atoms with Crippen LogP contribution in [0.2, 0.25) is 0 Å². The molecule has 1 aliphatic rings. The highest BCUT2D eigenvalue weighted by atomic mass is 19.1. The smallest absolute Gasteiger partial charge is 0.326 e. The van der Waals surface area contributed by atoms with E-state index in [0.717, 1.165) is 6.42 Å². The predicted octanol–water partition coefficient (Wildman–Crippen LogP) is 2.14. The van der Waals surface area contributed by atoms with Crippen molar-refractivity contribution < 1.29 is 23.8 Å². The molecule has 2 aromatic rings. The van der Waals surface area contributed by atoms with Gasteiger partial charge in [0.25, 0.3) is 5.91 Å². The number of nitrogens with zero attached hydrogens (tertiary/aromatic N) is 3. The maximum Gasteiger partial charge on any atom is 0.326 e. The Morgan fingerprint density at radius 2 is 2.18 bits per heavy atom. The second-order valence-corrected chi connectivity index (χ2v) is 7.11. The maximum absolute atomic E-state index is 13.6. The first kappa shape index (κ1) is 19.9. The molecule has 1 saturated heterocycles. The van der Waals surface area contributed by atoms with Crippen LogP contribution in [0.5, 0.6) is 0 Å². The minimum atomic E-state index is -1.13. The fraction of sp³-hybridized carbons (Fsp3) is 0.474. The van der Waals surface area contributed by atoms with Gasteiger partial charge in [0.15, 0.2) is 0 Å². The van der Waals surface area contributed by atoms with E-state index in [2.05, 4.69) is 15.4 Å². The van der Waals surface area contributed by atoms with Gasteiger partial charge in [0.05, 0.1) is 12.3 Å². The minimum Gasteiger partial charge on any atom is -0.480 e. The molecule has 1 aromatic carbocycles. The van der Waals surface area contributed by atoms with Crippen molar-refractivity contribution in [2.75, 3.05) is 13.2 Å². The number of amides is 1. The Hall–Kier alpha value is -2.81. The summed E-state index contributed by atoms with van der Waals surface area (Å²) in [5.41, 5.74) is 0.436. The molecule has 0 radical (unpaired) electrons. The van der Waals surface area contributed by atoms with E-state index >= 15 is 0 Å². The molecule has 1 aromatic heterocycles. The van der Waals surface area contributed by atoms with Crippen LogP contribution in [0, 0.1) is 11.7 Å². The van der Waals surface area contributed by atoms with E-state index in [9.17, 15) is 19.1 Å². The number of aromatic nitrogens is 3. The summed E-state index contributed by atoms with van der Waals surface area (Å²) in [6.07, 6.45) is 1.40. The molecule has 0 spiro atoms. The van der Waals surface area contributed by atoms with Crippen molar-refractivity contribution >= 4 is 11.9 Å². The Balaban J connectivity index is 1.87. The lowest BCUT2D eigenvalue weighted by molar-refractivity contribution is -0.142. The van der Waals surface area contributed by atoms with E-state index < -0.39 is 23.7 Å². The van der Waals surface area contributed by atoms with Gasteiger partial charge in [0, 0.05) is 18.4 Å². The first-order valence-electron chi connectivity index (χ1n) is 9.21. The maximum atomic E-state index is 13.6. The van der Waals surface area contributed by atoms with Crippen LogP contribution in [-0.2, 0) is 9.53 Å². The van der Waals surface area contributed by atoms with E-state index in [1.807, 2.05) is 13.8 Å². The monoisotopic (exact) mass is 390 g/mol. The highest BCUT2D eigenvalue weighted by Gasteiger charge is 2.33. The number of ether oxygens (including phenoxy) is 1. The SMILES string of the molecule is CC(C)c1nc(C(=O)NC(C(=O)O)C2CCCOC2)nn1-c1cccc(F)c1. The van der Waals surface area contributed by atoms with Crippen LogP contribution in [-0.4, -0.2) is 51.0 Å². The third kappa shape index (κ3) is 4.36. The van der Waals surface area contributed by atoms with Crippen LogP contribution in [0.15, 0.2) is 24.3 Å². The summed E-state index contributed by atoms with van der Waals surface area (Å²) >= 11 is 0. The summed E-state index contributed by atoms with van der Waals surface area (Å²) in [6.45, 7) is 4.62. The number of hydrogen-bond donors (Lipinski definition) is 2. The average molecular weight is 390 g/mol. The van der Waals surface area contributed by atoms with Gasteiger partial charge in [-0.1, -0.05) is 19.9 Å². The average Bonchev–Trinajstić information content (AvgIpc) is 3.12. The largest absolute Gasteiger partial charge is 0.480 e. The Labute approximate surface area is 161 Å². The van der Waals surface area contributed by atoms with Gasteiger partial charge in [0.2, 0.25) is 5.82 Å². The molecule has 3 rings (SSSR count). The highest BCUT2D eigenvalue weighted by Crippen LogP contribution is 2.20. The molecule has 2 atom stereocenters.